The van der Waals surface area contributed by atoms with E-state index in [2.05, 4.69) is 4.72 Å². The summed E-state index contributed by atoms with van der Waals surface area (Å²) in [6.07, 6.45) is 2.87. The van der Waals surface area contributed by atoms with Crippen LogP contribution in [0.2, 0.25) is 0 Å². The zero-order chi connectivity index (χ0) is 8.04. The van der Waals surface area contributed by atoms with Crippen LogP contribution in [-0.2, 0) is 10.2 Å². The predicted molar refractivity (Wildman–Crippen MR) is 39.5 cm³/mol. The van der Waals surface area contributed by atoms with Gasteiger partial charge in [0.1, 0.15) is 0 Å². The number of nitrogens with one attached hydrogen (secondary N) is 2. The van der Waals surface area contributed by atoms with Gasteiger partial charge < -0.3 is 0 Å². The molecular formula is C5H13N2O2S. The average Bonchev–Trinajstić information content (AvgIpc) is 1.78. The monoisotopic (exact) mass is 165 g/mol. The van der Waals surface area contributed by atoms with Crippen LogP contribution in [0.15, 0.2) is 0 Å². The normalized spacial score (nSPS) is 11.8. The summed E-state index contributed by atoms with van der Waals surface area (Å²) in [5, 5.41) is 6.43. The van der Waals surface area contributed by atoms with Gasteiger partial charge >= 0.3 is 0 Å². The Bertz CT molecular complexity index is 164. The second-order valence-corrected chi connectivity index (χ2v) is 3.40. The van der Waals surface area contributed by atoms with E-state index in [-0.39, 0.29) is 0 Å². The van der Waals surface area contributed by atoms with E-state index in [0.717, 1.165) is 19.3 Å². The lowest BCUT2D eigenvalue weighted by Crippen LogP contribution is -2.24. The molecule has 61 valence electrons. The van der Waals surface area contributed by atoms with Crippen molar-refractivity contribution in [2.45, 2.75) is 26.2 Å². The summed E-state index contributed by atoms with van der Waals surface area (Å²) in [4.78, 5) is 0. The van der Waals surface area contributed by atoms with Gasteiger partial charge in [-0.15, -0.1) is 5.14 Å². The summed E-state index contributed by atoms with van der Waals surface area (Å²) in [5.41, 5.74) is 0. The third-order valence-electron chi connectivity index (χ3n) is 1.07. The predicted octanol–water partition coefficient (Wildman–Crippen LogP) is 0.294. The average molecular weight is 165 g/mol. The molecule has 0 saturated heterocycles. The Kier molecular flexibility index (Phi) is 4.59. The van der Waals surface area contributed by atoms with Gasteiger partial charge in [0.2, 0.25) is 0 Å². The van der Waals surface area contributed by atoms with Crippen LogP contribution in [0.3, 0.4) is 0 Å². The third kappa shape index (κ3) is 7.87. The lowest BCUT2D eigenvalue weighted by molar-refractivity contribution is 0.576. The third-order valence-corrected chi connectivity index (χ3v) is 1.66. The molecule has 10 heavy (non-hydrogen) atoms. The lowest BCUT2D eigenvalue weighted by Gasteiger charge is -1.98. The minimum atomic E-state index is -3.70. The minimum Gasteiger partial charge on any atom is -0.201 e. The molecule has 0 aromatic rings. The maximum Gasteiger partial charge on any atom is 0.290 e. The van der Waals surface area contributed by atoms with Gasteiger partial charge in [-0.05, 0) is 6.42 Å². The summed E-state index contributed by atoms with van der Waals surface area (Å²) in [5.74, 6) is 0. The molecule has 0 amide bonds. The molecule has 0 heterocycles. The number of hydrogen-bond donors (Lipinski definition) is 1. The molecule has 0 aromatic heterocycles. The number of unbranched alkanes of at least 4 members (excludes halogenated alkanes) is 2. The largest absolute Gasteiger partial charge is 0.290 e. The van der Waals surface area contributed by atoms with E-state index < -0.39 is 10.2 Å². The summed E-state index contributed by atoms with van der Waals surface area (Å²) in [6.45, 7) is 2.43. The van der Waals surface area contributed by atoms with Gasteiger partial charge in [-0.1, -0.05) is 19.8 Å². The number of rotatable bonds is 5. The minimum absolute atomic E-state index is 0.389. The lowest BCUT2D eigenvalue weighted by atomic mass is 10.3. The first-order valence-electron chi connectivity index (χ1n) is 3.30. The molecule has 0 aliphatic rings. The van der Waals surface area contributed by atoms with Crippen molar-refractivity contribution in [2.24, 2.45) is 0 Å². The highest BCUT2D eigenvalue weighted by Gasteiger charge is 1.98. The fourth-order valence-electron chi connectivity index (χ4n) is 0.582. The Labute approximate surface area is 62.0 Å². The molecule has 0 saturated carbocycles. The van der Waals surface area contributed by atoms with Crippen molar-refractivity contribution < 1.29 is 8.42 Å². The van der Waals surface area contributed by atoms with Crippen molar-refractivity contribution in [1.82, 2.24) is 9.86 Å². The SMILES string of the molecule is CCCCCNS([NH])(=O)=O. The number of hydrogen-bond acceptors (Lipinski definition) is 2. The highest BCUT2D eigenvalue weighted by molar-refractivity contribution is 7.86. The van der Waals surface area contributed by atoms with Crippen LogP contribution < -0.4 is 9.86 Å². The van der Waals surface area contributed by atoms with Crippen LogP contribution in [0.1, 0.15) is 26.2 Å². The molecule has 0 fully saturated rings. The Morgan fingerprint density at radius 1 is 1.40 bits per heavy atom. The Hall–Kier alpha value is -0.130. The van der Waals surface area contributed by atoms with Gasteiger partial charge in [-0.2, -0.15) is 8.42 Å². The Morgan fingerprint density at radius 2 is 2.00 bits per heavy atom. The van der Waals surface area contributed by atoms with Gasteiger partial charge in [0, 0.05) is 6.54 Å². The summed E-state index contributed by atoms with van der Waals surface area (Å²) in [6, 6.07) is 0. The van der Waals surface area contributed by atoms with E-state index in [4.69, 9.17) is 5.14 Å². The fourth-order valence-corrected chi connectivity index (χ4v) is 0.995. The van der Waals surface area contributed by atoms with Crippen molar-refractivity contribution in [2.75, 3.05) is 6.54 Å². The molecular weight excluding hydrogens is 152 g/mol. The van der Waals surface area contributed by atoms with Crippen molar-refractivity contribution in [3.05, 3.63) is 0 Å². The quantitative estimate of drug-likeness (QED) is 0.595. The molecule has 0 bridgehead atoms. The van der Waals surface area contributed by atoms with Crippen LogP contribution in [-0.4, -0.2) is 15.0 Å². The highest BCUT2D eigenvalue weighted by atomic mass is 32.2. The molecule has 1 radical (unpaired) electrons. The van der Waals surface area contributed by atoms with E-state index in [0.29, 0.717) is 6.54 Å². The molecule has 4 nitrogen and oxygen atoms in total. The Morgan fingerprint density at radius 3 is 2.40 bits per heavy atom. The van der Waals surface area contributed by atoms with Gasteiger partial charge in [0.25, 0.3) is 10.2 Å². The molecule has 0 unspecified atom stereocenters. The summed E-state index contributed by atoms with van der Waals surface area (Å²) < 4.78 is 22.4. The first-order valence-corrected chi connectivity index (χ1v) is 4.79. The molecule has 2 N–H and O–H groups in total. The fraction of sp³-hybridized carbons (Fsp3) is 1.00. The van der Waals surface area contributed by atoms with Crippen LogP contribution in [0.4, 0.5) is 0 Å². The van der Waals surface area contributed by atoms with Crippen molar-refractivity contribution in [3.8, 4) is 0 Å². The highest BCUT2D eigenvalue weighted by Crippen LogP contribution is 1.91. The van der Waals surface area contributed by atoms with E-state index in [1.807, 2.05) is 6.92 Å². The van der Waals surface area contributed by atoms with Crippen molar-refractivity contribution in [1.29, 1.82) is 0 Å². The van der Waals surface area contributed by atoms with E-state index in [1.165, 1.54) is 0 Å². The molecule has 0 aromatic carbocycles. The smallest absolute Gasteiger partial charge is 0.201 e. The van der Waals surface area contributed by atoms with Crippen LogP contribution in [0.5, 0.6) is 0 Å². The topological polar surface area (TPSA) is 70.0 Å². The summed E-state index contributed by atoms with van der Waals surface area (Å²) in [7, 11) is -3.70. The summed E-state index contributed by atoms with van der Waals surface area (Å²) >= 11 is 0. The Balaban J connectivity index is 3.21. The molecule has 0 atom stereocenters. The molecule has 5 heteroatoms. The van der Waals surface area contributed by atoms with E-state index in [1.54, 1.807) is 0 Å². The zero-order valence-corrected chi connectivity index (χ0v) is 6.87. The standard InChI is InChI=1S/C5H13N2O2S/c1-2-3-4-5-7-10(6,8)9/h6-7H,2-5H2,1H3. The van der Waals surface area contributed by atoms with Crippen LogP contribution in [0, 0.1) is 0 Å². The van der Waals surface area contributed by atoms with E-state index in [9.17, 15) is 8.42 Å². The maximum atomic E-state index is 10.1. The first kappa shape index (κ1) is 9.87. The second kappa shape index (κ2) is 4.65. The first-order chi connectivity index (χ1) is 4.56. The molecule has 0 spiro atoms. The van der Waals surface area contributed by atoms with Gasteiger partial charge in [0.15, 0.2) is 0 Å². The van der Waals surface area contributed by atoms with Crippen LogP contribution >= 0.6 is 0 Å². The molecule has 0 aliphatic carbocycles. The molecule has 0 rings (SSSR count). The van der Waals surface area contributed by atoms with Crippen molar-refractivity contribution in [3.63, 3.8) is 0 Å². The van der Waals surface area contributed by atoms with Crippen LogP contribution in [0.25, 0.3) is 0 Å². The van der Waals surface area contributed by atoms with Gasteiger partial charge in [-0.25, -0.2) is 4.72 Å². The van der Waals surface area contributed by atoms with Crippen molar-refractivity contribution >= 4 is 10.2 Å². The van der Waals surface area contributed by atoms with E-state index >= 15 is 0 Å². The second-order valence-electron chi connectivity index (χ2n) is 2.10. The zero-order valence-electron chi connectivity index (χ0n) is 6.05. The van der Waals surface area contributed by atoms with Gasteiger partial charge in [-0.3, -0.25) is 0 Å². The maximum absolute atomic E-state index is 10.1. The van der Waals surface area contributed by atoms with Gasteiger partial charge in [0.05, 0.1) is 0 Å². The molecule has 0 aliphatic heterocycles.